The fraction of sp³-hybridized carbons (Fsp3) is 1.00. The zero-order valence-corrected chi connectivity index (χ0v) is 11.1. The highest BCUT2D eigenvalue weighted by Gasteiger charge is 2.51. The highest BCUT2D eigenvalue weighted by Crippen LogP contribution is 2.47. The van der Waals surface area contributed by atoms with Crippen LogP contribution in [0, 0.1) is 23.7 Å². The van der Waals surface area contributed by atoms with Crippen LogP contribution in [0.1, 0.15) is 47.0 Å². The highest BCUT2D eigenvalue weighted by atomic mass is 16.6. The summed E-state index contributed by atoms with van der Waals surface area (Å²) in [5.41, 5.74) is -0.493. The molecule has 0 spiro atoms. The minimum absolute atomic E-state index is 0.294. The van der Waals surface area contributed by atoms with E-state index in [9.17, 15) is 5.11 Å². The van der Waals surface area contributed by atoms with Gasteiger partial charge < -0.3 is 9.84 Å². The van der Waals surface area contributed by atoms with E-state index >= 15 is 0 Å². The van der Waals surface area contributed by atoms with Gasteiger partial charge in [0.2, 0.25) is 0 Å². The second-order valence-corrected chi connectivity index (χ2v) is 6.39. The Hall–Kier alpha value is -0.0800. The Labute approximate surface area is 99.4 Å². The molecule has 2 fully saturated rings. The maximum absolute atomic E-state index is 11.1. The van der Waals surface area contributed by atoms with Crippen molar-refractivity contribution >= 4 is 0 Å². The first-order valence-corrected chi connectivity index (χ1v) is 6.79. The van der Waals surface area contributed by atoms with Gasteiger partial charge in [0.15, 0.2) is 0 Å². The molecule has 0 aromatic heterocycles. The molecule has 94 valence electrons. The van der Waals surface area contributed by atoms with E-state index in [-0.39, 0.29) is 0 Å². The average molecular weight is 226 g/mol. The summed E-state index contributed by atoms with van der Waals surface area (Å²) in [4.78, 5) is 0. The largest absolute Gasteiger partial charge is 0.389 e. The van der Waals surface area contributed by atoms with E-state index in [0.29, 0.717) is 29.8 Å². The normalized spacial score (nSPS) is 45.8. The Balaban J connectivity index is 2.16. The van der Waals surface area contributed by atoms with Gasteiger partial charge >= 0.3 is 0 Å². The van der Waals surface area contributed by atoms with Crippen LogP contribution in [0.25, 0.3) is 0 Å². The van der Waals surface area contributed by atoms with Crippen LogP contribution in [0.3, 0.4) is 0 Å². The molecule has 1 aliphatic heterocycles. The highest BCUT2D eigenvalue weighted by molar-refractivity contribution is 5.01. The SMILES string of the molecule is CC(C)[C@@H]1CC[C@@H](C)C[C@@]1(O)C(C)C1CO1. The topological polar surface area (TPSA) is 32.8 Å². The van der Waals surface area contributed by atoms with Crippen molar-refractivity contribution in [3.63, 3.8) is 0 Å². The van der Waals surface area contributed by atoms with Gasteiger partial charge in [-0.1, -0.05) is 34.1 Å². The first-order valence-electron chi connectivity index (χ1n) is 6.79. The molecule has 0 aromatic carbocycles. The Morgan fingerprint density at radius 1 is 1.25 bits per heavy atom. The smallest absolute Gasteiger partial charge is 0.0862 e. The summed E-state index contributed by atoms with van der Waals surface area (Å²) < 4.78 is 5.39. The molecule has 0 amide bonds. The molecule has 0 radical (unpaired) electrons. The van der Waals surface area contributed by atoms with Crippen LogP contribution in [0.4, 0.5) is 0 Å². The number of hydrogen-bond donors (Lipinski definition) is 1. The van der Waals surface area contributed by atoms with Crippen LogP contribution in [0.5, 0.6) is 0 Å². The first kappa shape index (κ1) is 12.4. The third kappa shape index (κ3) is 2.14. The van der Waals surface area contributed by atoms with Gasteiger partial charge in [-0.2, -0.15) is 0 Å². The van der Waals surface area contributed by atoms with Crippen molar-refractivity contribution in [1.82, 2.24) is 0 Å². The summed E-state index contributed by atoms with van der Waals surface area (Å²) in [7, 11) is 0. The monoisotopic (exact) mass is 226 g/mol. The quantitative estimate of drug-likeness (QED) is 0.751. The van der Waals surface area contributed by atoms with Crippen LogP contribution >= 0.6 is 0 Å². The van der Waals surface area contributed by atoms with E-state index in [1.807, 2.05) is 0 Å². The standard InChI is InChI=1S/C14H26O2/c1-9(2)12-6-5-10(3)7-14(12,15)11(4)13-8-16-13/h9-13,15H,5-8H2,1-4H3/t10-,11?,12+,13?,14-/m1/s1. The Morgan fingerprint density at radius 2 is 1.88 bits per heavy atom. The van der Waals surface area contributed by atoms with Crippen molar-refractivity contribution < 1.29 is 9.84 Å². The maximum Gasteiger partial charge on any atom is 0.0862 e. The minimum Gasteiger partial charge on any atom is -0.389 e. The third-order valence-corrected chi connectivity index (χ3v) is 4.80. The van der Waals surface area contributed by atoms with Crippen LogP contribution in [0.2, 0.25) is 0 Å². The van der Waals surface area contributed by atoms with Gasteiger partial charge in [-0.15, -0.1) is 0 Å². The van der Waals surface area contributed by atoms with Gasteiger partial charge in [-0.3, -0.25) is 0 Å². The minimum atomic E-state index is -0.493. The van der Waals surface area contributed by atoms with Gasteiger partial charge in [-0.05, 0) is 30.6 Å². The summed E-state index contributed by atoms with van der Waals surface area (Å²) in [5, 5.41) is 11.1. The average Bonchev–Trinajstić information content (AvgIpc) is 2.98. The Kier molecular flexibility index (Phi) is 3.33. The molecular weight excluding hydrogens is 200 g/mol. The van der Waals surface area contributed by atoms with Crippen LogP contribution in [0.15, 0.2) is 0 Å². The van der Waals surface area contributed by atoms with Gasteiger partial charge in [0.1, 0.15) is 0 Å². The summed E-state index contributed by atoms with van der Waals surface area (Å²) in [6, 6.07) is 0. The van der Waals surface area contributed by atoms with Gasteiger partial charge in [0.25, 0.3) is 0 Å². The third-order valence-electron chi connectivity index (χ3n) is 4.80. The van der Waals surface area contributed by atoms with Crippen LogP contribution in [-0.2, 0) is 4.74 Å². The van der Waals surface area contributed by atoms with E-state index in [0.717, 1.165) is 13.0 Å². The fourth-order valence-corrected chi connectivity index (χ4v) is 3.63. The van der Waals surface area contributed by atoms with Crippen LogP contribution in [-0.4, -0.2) is 23.4 Å². The van der Waals surface area contributed by atoms with E-state index in [2.05, 4.69) is 27.7 Å². The summed E-state index contributed by atoms with van der Waals surface area (Å²) in [6.07, 6.45) is 3.71. The predicted octanol–water partition coefficient (Wildman–Crippen LogP) is 2.84. The van der Waals surface area contributed by atoms with Gasteiger partial charge in [0.05, 0.1) is 18.3 Å². The van der Waals surface area contributed by atoms with Crippen molar-refractivity contribution in [3.05, 3.63) is 0 Å². The molecule has 5 atom stereocenters. The molecule has 1 aliphatic carbocycles. The van der Waals surface area contributed by atoms with E-state index in [1.165, 1.54) is 12.8 Å². The first-order chi connectivity index (χ1) is 7.45. The summed E-state index contributed by atoms with van der Waals surface area (Å²) in [5.74, 6) is 1.96. The molecule has 1 saturated carbocycles. The number of aliphatic hydroxyl groups is 1. The maximum atomic E-state index is 11.1. The van der Waals surface area contributed by atoms with E-state index in [4.69, 9.17) is 4.74 Å². The van der Waals surface area contributed by atoms with Gasteiger partial charge in [-0.25, -0.2) is 0 Å². The molecule has 2 aliphatic rings. The summed E-state index contributed by atoms with van der Waals surface area (Å²) in [6.45, 7) is 9.77. The van der Waals surface area contributed by atoms with E-state index < -0.39 is 5.60 Å². The molecule has 16 heavy (non-hydrogen) atoms. The molecule has 2 rings (SSSR count). The predicted molar refractivity (Wildman–Crippen MR) is 65.2 cm³/mol. The lowest BCUT2D eigenvalue weighted by molar-refractivity contribution is -0.122. The van der Waals surface area contributed by atoms with Gasteiger partial charge in [0, 0.05) is 5.92 Å². The molecule has 2 heteroatoms. The fourth-order valence-electron chi connectivity index (χ4n) is 3.63. The molecule has 0 bridgehead atoms. The van der Waals surface area contributed by atoms with Crippen molar-refractivity contribution in [2.75, 3.05) is 6.61 Å². The number of hydrogen-bond acceptors (Lipinski definition) is 2. The zero-order chi connectivity index (χ0) is 11.9. The van der Waals surface area contributed by atoms with E-state index in [1.54, 1.807) is 0 Å². The molecule has 0 aromatic rings. The second-order valence-electron chi connectivity index (χ2n) is 6.39. The lowest BCUT2D eigenvalue weighted by Gasteiger charge is -2.48. The van der Waals surface area contributed by atoms with Crippen molar-refractivity contribution in [1.29, 1.82) is 0 Å². The molecular formula is C14H26O2. The summed E-state index contributed by atoms with van der Waals surface area (Å²) >= 11 is 0. The molecule has 1 N–H and O–H groups in total. The Bertz CT molecular complexity index is 247. The lowest BCUT2D eigenvalue weighted by atomic mass is 9.62. The molecule has 2 nitrogen and oxygen atoms in total. The molecule has 2 unspecified atom stereocenters. The Morgan fingerprint density at radius 3 is 2.38 bits per heavy atom. The number of rotatable bonds is 3. The lowest BCUT2D eigenvalue weighted by Crippen LogP contribution is -2.51. The second kappa shape index (κ2) is 4.30. The zero-order valence-electron chi connectivity index (χ0n) is 11.1. The van der Waals surface area contributed by atoms with Crippen molar-refractivity contribution in [2.45, 2.75) is 58.7 Å². The molecule has 1 heterocycles. The molecule has 1 saturated heterocycles. The number of epoxide rings is 1. The number of ether oxygens (including phenoxy) is 1. The van der Waals surface area contributed by atoms with Crippen molar-refractivity contribution in [2.24, 2.45) is 23.7 Å². The van der Waals surface area contributed by atoms with Crippen LogP contribution < -0.4 is 0 Å². The van der Waals surface area contributed by atoms with Crippen molar-refractivity contribution in [3.8, 4) is 0 Å².